The molecule has 1 aliphatic heterocycles. The Labute approximate surface area is 401 Å². The van der Waals surface area contributed by atoms with E-state index < -0.39 is 119 Å². The summed E-state index contributed by atoms with van der Waals surface area (Å²) in [5.74, 6) is -7.55. The second-order valence-electron chi connectivity index (χ2n) is 19.3. The van der Waals surface area contributed by atoms with Crippen LogP contribution in [-0.4, -0.2) is 106 Å². The first-order chi connectivity index (χ1) is 32.7. The van der Waals surface area contributed by atoms with E-state index in [-0.39, 0.29) is 41.7 Å². The molecule has 4 aliphatic rings. The quantitative estimate of drug-likeness (QED) is 0.0701. The van der Waals surface area contributed by atoms with Crippen molar-refractivity contribution in [3.05, 3.63) is 119 Å². The molecule has 3 fully saturated rings. The molecule has 0 radical (unpaired) electrons. The van der Waals surface area contributed by atoms with E-state index in [4.69, 9.17) is 28.4 Å². The van der Waals surface area contributed by atoms with Crippen LogP contribution in [-0.2, 0) is 52.4 Å². The summed E-state index contributed by atoms with van der Waals surface area (Å²) in [4.78, 5) is 99.0. The van der Waals surface area contributed by atoms with Crippen molar-refractivity contribution in [1.29, 1.82) is 0 Å². The standard InChI is InChI=1S/C53H61NO15/c1-8-9-13-26-39(57)67-37-27-38-52(29-64-38,69-32(4)56)44-46(68-48(61)35-24-18-12-19-25-35)53(63)28-36(30(2)40(50(53,5)6)43(65-31(3)55)45(59)51(37,44)7)66-49(62)42(58)41(33-20-14-10-15-21-33)54-47(60)34-22-16-11-17-23-34/h10-12,14-25,36-38,41-44,46,58,63H,8-9,13,26-29H2,1-7H3,(H,54,60)/t36-,37-,38+,41-,42+,43?,44-,46-,51+,52-,53+/m0/s1. The van der Waals surface area contributed by atoms with E-state index in [2.05, 4.69) is 5.32 Å². The van der Waals surface area contributed by atoms with Gasteiger partial charge in [-0.1, -0.05) is 100 Å². The first-order valence-corrected chi connectivity index (χ1v) is 23.4. The number of aliphatic hydroxyl groups excluding tert-OH is 1. The highest BCUT2D eigenvalue weighted by molar-refractivity contribution is 5.96. The number of ketones is 1. The van der Waals surface area contributed by atoms with Crippen LogP contribution in [0.4, 0.5) is 0 Å². The van der Waals surface area contributed by atoms with Crippen molar-refractivity contribution < 1.29 is 72.2 Å². The third-order valence-corrected chi connectivity index (χ3v) is 14.7. The SMILES string of the molecule is CCCCCC(=O)O[C@H]1C[C@H]2OC[C@@]2(OC(C)=O)[C@H]2[C@H](OC(=O)c3ccccc3)[C@]3(O)C[C@H](OC(=O)[C@H](O)[C@@H](NC(=O)c4ccccc4)c4ccccc4)C(C)=C(C(OC(C)=O)C(=O)[C@]12C)C3(C)C. The van der Waals surface area contributed by atoms with Gasteiger partial charge in [-0.2, -0.15) is 0 Å². The van der Waals surface area contributed by atoms with E-state index in [9.17, 15) is 39.0 Å². The normalized spacial score (nSPS) is 29.7. The van der Waals surface area contributed by atoms with Gasteiger partial charge in [-0.3, -0.25) is 24.0 Å². The van der Waals surface area contributed by atoms with Crippen LogP contribution in [0.25, 0.3) is 0 Å². The molecule has 2 saturated carbocycles. The Kier molecular flexibility index (Phi) is 14.7. The largest absolute Gasteiger partial charge is 0.461 e. The monoisotopic (exact) mass is 951 g/mol. The minimum atomic E-state index is -2.44. The maximum atomic E-state index is 16.1. The number of ether oxygens (including phenoxy) is 6. The van der Waals surface area contributed by atoms with Crippen molar-refractivity contribution in [3.8, 4) is 0 Å². The van der Waals surface area contributed by atoms with Gasteiger partial charge in [0.15, 0.2) is 23.6 Å². The topological polar surface area (TPSA) is 227 Å². The van der Waals surface area contributed by atoms with Crippen molar-refractivity contribution in [3.63, 3.8) is 0 Å². The van der Waals surface area contributed by atoms with Crippen molar-refractivity contribution in [2.45, 2.75) is 141 Å². The Morgan fingerprint density at radius 1 is 0.812 bits per heavy atom. The summed E-state index contributed by atoms with van der Waals surface area (Å²) in [6.45, 7) is 10.0. The lowest BCUT2D eigenvalue weighted by Gasteiger charge is -2.67. The first kappa shape index (κ1) is 50.6. The van der Waals surface area contributed by atoms with Crippen molar-refractivity contribution in [2.24, 2.45) is 16.7 Å². The molecule has 368 valence electrons. The lowest BCUT2D eigenvalue weighted by Crippen LogP contribution is -2.82. The number of unbranched alkanes of at least 4 members (excludes halogenated alkanes) is 2. The fraction of sp³-hybridized carbons (Fsp3) is 0.491. The Morgan fingerprint density at radius 3 is 1.99 bits per heavy atom. The number of carbonyl (C=O) groups is 7. The molecular formula is C53H61NO15. The van der Waals surface area contributed by atoms with Crippen LogP contribution in [0.1, 0.15) is 119 Å². The van der Waals surface area contributed by atoms with E-state index >= 15 is 4.79 Å². The average molecular weight is 952 g/mol. The molecule has 1 saturated heterocycles. The number of rotatable bonds is 15. The van der Waals surface area contributed by atoms with E-state index in [1.54, 1.807) is 92.7 Å². The van der Waals surface area contributed by atoms with Gasteiger partial charge in [-0.15, -0.1) is 0 Å². The number of hydrogen-bond acceptors (Lipinski definition) is 15. The molecule has 0 spiro atoms. The zero-order valence-corrected chi connectivity index (χ0v) is 39.9. The highest BCUT2D eigenvalue weighted by Crippen LogP contribution is 2.65. The molecule has 3 aromatic rings. The Balaban J connectivity index is 1.41. The van der Waals surface area contributed by atoms with Crippen molar-refractivity contribution in [2.75, 3.05) is 6.61 Å². The number of carbonyl (C=O) groups excluding carboxylic acids is 7. The van der Waals surface area contributed by atoms with Crippen LogP contribution in [0.5, 0.6) is 0 Å². The van der Waals surface area contributed by atoms with Gasteiger partial charge >= 0.3 is 29.8 Å². The molecule has 2 bridgehead atoms. The second kappa shape index (κ2) is 20.0. The number of aliphatic hydroxyl groups is 2. The number of nitrogens with one attached hydrogen (secondary N) is 1. The Morgan fingerprint density at radius 2 is 1.42 bits per heavy atom. The molecule has 1 unspecified atom stereocenters. The summed E-state index contributed by atoms with van der Waals surface area (Å²) in [6, 6.07) is 23.0. The molecule has 3 N–H and O–H groups in total. The number of amides is 1. The lowest BCUT2D eigenvalue weighted by molar-refractivity contribution is -0.346. The predicted octanol–water partition coefficient (Wildman–Crippen LogP) is 5.87. The van der Waals surface area contributed by atoms with Gasteiger partial charge in [-0.05, 0) is 61.2 Å². The van der Waals surface area contributed by atoms with Gasteiger partial charge in [-0.25, -0.2) is 9.59 Å². The van der Waals surface area contributed by atoms with E-state index in [0.29, 0.717) is 12.0 Å². The molecule has 16 heteroatoms. The summed E-state index contributed by atoms with van der Waals surface area (Å²) < 4.78 is 37.3. The summed E-state index contributed by atoms with van der Waals surface area (Å²) in [5, 5.41) is 28.6. The summed E-state index contributed by atoms with van der Waals surface area (Å²) in [7, 11) is 0. The second-order valence-corrected chi connectivity index (χ2v) is 19.3. The van der Waals surface area contributed by atoms with E-state index in [1.165, 1.54) is 26.0 Å². The van der Waals surface area contributed by atoms with Crippen molar-refractivity contribution >= 4 is 41.5 Å². The van der Waals surface area contributed by atoms with Crippen LogP contribution < -0.4 is 5.32 Å². The highest BCUT2D eigenvalue weighted by atomic mass is 16.6. The van der Waals surface area contributed by atoms with Crippen LogP contribution >= 0.6 is 0 Å². The minimum Gasteiger partial charge on any atom is -0.461 e. The molecule has 1 amide bonds. The van der Waals surface area contributed by atoms with E-state index in [0.717, 1.165) is 26.7 Å². The summed E-state index contributed by atoms with van der Waals surface area (Å²) in [6.07, 6.45) is -8.44. The first-order valence-electron chi connectivity index (χ1n) is 23.4. The van der Waals surface area contributed by atoms with Crippen LogP contribution in [0, 0.1) is 16.7 Å². The number of esters is 5. The average Bonchev–Trinajstić information content (AvgIpc) is 3.31. The number of fused-ring (bicyclic) bond motifs is 5. The molecule has 7 rings (SSSR count). The fourth-order valence-corrected chi connectivity index (χ4v) is 11.1. The maximum Gasteiger partial charge on any atom is 0.338 e. The van der Waals surface area contributed by atoms with E-state index in [1.807, 2.05) is 6.92 Å². The molecule has 0 aromatic heterocycles. The van der Waals surface area contributed by atoms with Crippen LogP contribution in [0.15, 0.2) is 102 Å². The Bertz CT molecular complexity index is 2470. The third-order valence-electron chi connectivity index (χ3n) is 14.7. The number of Topliss-reactive ketones (excluding diaryl/α,β-unsaturated/α-hetero) is 1. The van der Waals surface area contributed by atoms with Gasteiger partial charge in [0.1, 0.15) is 30.0 Å². The van der Waals surface area contributed by atoms with Crippen molar-refractivity contribution in [1.82, 2.24) is 5.32 Å². The van der Waals surface area contributed by atoms with Gasteiger partial charge in [0.25, 0.3) is 5.91 Å². The number of hydrogen-bond donors (Lipinski definition) is 3. The van der Waals surface area contributed by atoms with Gasteiger partial charge < -0.3 is 44.0 Å². The smallest absolute Gasteiger partial charge is 0.338 e. The van der Waals surface area contributed by atoms with Crippen LogP contribution in [0.3, 0.4) is 0 Å². The molecule has 3 aliphatic carbocycles. The summed E-state index contributed by atoms with van der Waals surface area (Å²) >= 11 is 0. The zero-order valence-electron chi connectivity index (χ0n) is 39.9. The molecule has 3 aromatic carbocycles. The minimum absolute atomic E-state index is 0.000872. The zero-order chi connectivity index (χ0) is 50.1. The summed E-state index contributed by atoms with van der Waals surface area (Å²) in [5.41, 5.74) is -7.21. The fourth-order valence-electron chi connectivity index (χ4n) is 11.1. The molecule has 11 atom stereocenters. The molecular weight excluding hydrogens is 891 g/mol. The lowest BCUT2D eigenvalue weighted by atomic mass is 9.44. The molecule has 69 heavy (non-hydrogen) atoms. The van der Waals surface area contributed by atoms with Gasteiger partial charge in [0.05, 0.1) is 29.5 Å². The maximum absolute atomic E-state index is 16.1. The molecule has 16 nitrogen and oxygen atoms in total. The third kappa shape index (κ3) is 9.33. The van der Waals surface area contributed by atoms with Gasteiger partial charge in [0.2, 0.25) is 0 Å². The van der Waals surface area contributed by atoms with Gasteiger partial charge in [0, 0.05) is 44.1 Å². The predicted molar refractivity (Wildman–Crippen MR) is 246 cm³/mol. The highest BCUT2D eigenvalue weighted by Gasteiger charge is 2.79. The number of benzene rings is 3. The Hall–Kier alpha value is -6.23. The molecule has 1 heterocycles. The van der Waals surface area contributed by atoms with Crippen LogP contribution in [0.2, 0.25) is 0 Å².